The molecule has 0 rings (SSSR count). The van der Waals surface area contributed by atoms with E-state index in [9.17, 15) is 14.4 Å². The van der Waals surface area contributed by atoms with E-state index in [-0.39, 0.29) is 37.5 Å². The Bertz CT molecular complexity index is 1260. The number of carbonyl (C=O) groups is 3. The molecule has 0 heterocycles. The molecular formula is C56H92O6. The first-order valence-electron chi connectivity index (χ1n) is 25.2. The molecule has 6 nitrogen and oxygen atoms in total. The Morgan fingerprint density at radius 1 is 0.339 bits per heavy atom. The molecule has 0 aliphatic rings. The maximum Gasteiger partial charge on any atom is 0.306 e. The highest BCUT2D eigenvalue weighted by atomic mass is 16.6. The van der Waals surface area contributed by atoms with Gasteiger partial charge in [-0.25, -0.2) is 0 Å². The normalized spacial score (nSPS) is 12.9. The summed E-state index contributed by atoms with van der Waals surface area (Å²) in [4.78, 5) is 37.9. The van der Waals surface area contributed by atoms with E-state index in [1.807, 2.05) is 0 Å². The summed E-state index contributed by atoms with van der Waals surface area (Å²) < 4.78 is 16.7. The lowest BCUT2D eigenvalue weighted by molar-refractivity contribution is -0.167. The summed E-state index contributed by atoms with van der Waals surface area (Å²) in [6.45, 7) is 6.33. The number of esters is 3. The van der Waals surface area contributed by atoms with Gasteiger partial charge in [0, 0.05) is 19.3 Å². The molecule has 0 aliphatic heterocycles. The van der Waals surface area contributed by atoms with Crippen LogP contribution in [-0.2, 0) is 28.6 Å². The zero-order chi connectivity index (χ0) is 45.1. The fourth-order valence-corrected chi connectivity index (χ4v) is 6.61. The predicted octanol–water partition coefficient (Wildman–Crippen LogP) is 16.6. The first-order chi connectivity index (χ1) is 30.5. The maximum atomic E-state index is 12.8. The van der Waals surface area contributed by atoms with Crippen molar-refractivity contribution < 1.29 is 28.6 Å². The summed E-state index contributed by atoms with van der Waals surface area (Å²) in [5.41, 5.74) is 0. The molecule has 0 bridgehead atoms. The molecule has 0 radical (unpaired) electrons. The highest BCUT2D eigenvalue weighted by Gasteiger charge is 2.19. The van der Waals surface area contributed by atoms with Gasteiger partial charge in [-0.05, 0) is 89.9 Å². The Morgan fingerprint density at radius 3 is 1.05 bits per heavy atom. The van der Waals surface area contributed by atoms with Crippen LogP contribution in [0.2, 0.25) is 0 Å². The lowest BCUT2D eigenvalue weighted by Crippen LogP contribution is -2.30. The molecule has 62 heavy (non-hydrogen) atoms. The Balaban J connectivity index is 4.51. The average molecular weight is 861 g/mol. The minimum absolute atomic E-state index is 0.102. The summed E-state index contributed by atoms with van der Waals surface area (Å²) in [6.07, 6.45) is 65.3. The quantitative estimate of drug-likeness (QED) is 0.0263. The molecule has 0 aromatic heterocycles. The second-order valence-electron chi connectivity index (χ2n) is 16.3. The van der Waals surface area contributed by atoms with Crippen molar-refractivity contribution in [1.29, 1.82) is 0 Å². The van der Waals surface area contributed by atoms with Gasteiger partial charge in [-0.1, -0.05) is 208 Å². The van der Waals surface area contributed by atoms with E-state index in [0.717, 1.165) is 116 Å². The smallest absolute Gasteiger partial charge is 0.306 e. The van der Waals surface area contributed by atoms with Crippen LogP contribution >= 0.6 is 0 Å². The molecule has 0 amide bonds. The second-order valence-corrected chi connectivity index (χ2v) is 16.3. The molecule has 0 aromatic rings. The third-order valence-electron chi connectivity index (χ3n) is 10.3. The first kappa shape index (κ1) is 58.3. The van der Waals surface area contributed by atoms with E-state index in [1.54, 1.807) is 0 Å². The second kappa shape index (κ2) is 50.0. The Morgan fingerprint density at radius 2 is 0.645 bits per heavy atom. The van der Waals surface area contributed by atoms with E-state index in [1.165, 1.54) is 57.8 Å². The van der Waals surface area contributed by atoms with Gasteiger partial charge in [0.2, 0.25) is 0 Å². The molecule has 1 atom stereocenters. The molecular weight excluding hydrogens is 769 g/mol. The minimum atomic E-state index is -0.808. The summed E-state index contributed by atoms with van der Waals surface area (Å²) in [5, 5.41) is 0. The molecule has 0 spiro atoms. The SMILES string of the molecule is CC/C=C\C/C=C\C/C=C\C/C=C\C/C=C\CCCC(=O)OC[C@H](COC(=O)CCCCCCCCCCCCCC)OC(=O)CCCCCCC/C=C\C/C=C\C/C=C\CC. The topological polar surface area (TPSA) is 78.9 Å². The van der Waals surface area contributed by atoms with Crippen molar-refractivity contribution in [2.75, 3.05) is 13.2 Å². The number of rotatable bonds is 44. The highest BCUT2D eigenvalue weighted by Crippen LogP contribution is 2.14. The van der Waals surface area contributed by atoms with E-state index < -0.39 is 6.10 Å². The van der Waals surface area contributed by atoms with E-state index >= 15 is 0 Å². The van der Waals surface area contributed by atoms with Gasteiger partial charge in [-0.15, -0.1) is 0 Å². The summed E-state index contributed by atoms with van der Waals surface area (Å²) in [5.74, 6) is -0.984. The van der Waals surface area contributed by atoms with Crippen molar-refractivity contribution in [3.63, 3.8) is 0 Å². The molecule has 0 saturated carbocycles. The largest absolute Gasteiger partial charge is 0.462 e. The summed E-state index contributed by atoms with van der Waals surface area (Å²) >= 11 is 0. The number of unbranched alkanes of at least 4 members (excludes halogenated alkanes) is 17. The van der Waals surface area contributed by atoms with Crippen molar-refractivity contribution in [3.8, 4) is 0 Å². The monoisotopic (exact) mass is 861 g/mol. The van der Waals surface area contributed by atoms with Crippen molar-refractivity contribution in [1.82, 2.24) is 0 Å². The lowest BCUT2D eigenvalue weighted by atomic mass is 10.0. The van der Waals surface area contributed by atoms with Crippen LogP contribution in [0.25, 0.3) is 0 Å². The molecule has 0 unspecified atom stereocenters. The third-order valence-corrected chi connectivity index (χ3v) is 10.3. The third kappa shape index (κ3) is 47.4. The van der Waals surface area contributed by atoms with Crippen LogP contribution in [-0.4, -0.2) is 37.2 Å². The van der Waals surface area contributed by atoms with E-state index in [4.69, 9.17) is 14.2 Å². The standard InChI is InChI=1S/C56H92O6/c1-4-7-10-13-16-19-22-25-27-28-30-31-34-37-40-43-46-49-55(58)61-52-53(51-60-54(57)48-45-42-39-36-33-24-21-18-15-12-9-6-3)62-56(59)50-47-44-41-38-35-32-29-26-23-20-17-14-11-8-5-2/h7-8,10-11,16-17,19-20,25-27,29-31,37,40,53H,4-6,9,12-15,18,21-24,28,32-36,38-39,41-52H2,1-3H3/b10-7-,11-8-,19-16-,20-17-,27-25-,29-26-,31-30-,40-37-/t53-/m0/s1. The van der Waals surface area contributed by atoms with Gasteiger partial charge in [0.15, 0.2) is 6.10 Å². The first-order valence-corrected chi connectivity index (χ1v) is 25.2. The number of hydrogen-bond donors (Lipinski definition) is 0. The van der Waals surface area contributed by atoms with Crippen LogP contribution in [0.5, 0.6) is 0 Å². The van der Waals surface area contributed by atoms with Crippen LogP contribution in [0.3, 0.4) is 0 Å². The van der Waals surface area contributed by atoms with Gasteiger partial charge < -0.3 is 14.2 Å². The van der Waals surface area contributed by atoms with Gasteiger partial charge in [0.25, 0.3) is 0 Å². The number of ether oxygens (including phenoxy) is 3. The molecule has 0 fully saturated rings. The Kier molecular flexibility index (Phi) is 47.0. The van der Waals surface area contributed by atoms with E-state index in [2.05, 4.69) is 118 Å². The van der Waals surface area contributed by atoms with Gasteiger partial charge >= 0.3 is 17.9 Å². The molecule has 0 N–H and O–H groups in total. The van der Waals surface area contributed by atoms with Crippen LogP contribution in [0, 0.1) is 0 Å². The fourth-order valence-electron chi connectivity index (χ4n) is 6.61. The lowest BCUT2D eigenvalue weighted by Gasteiger charge is -2.18. The van der Waals surface area contributed by atoms with Gasteiger partial charge in [-0.3, -0.25) is 14.4 Å². The van der Waals surface area contributed by atoms with Crippen LogP contribution in [0.1, 0.15) is 220 Å². The van der Waals surface area contributed by atoms with Crippen molar-refractivity contribution >= 4 is 17.9 Å². The zero-order valence-corrected chi connectivity index (χ0v) is 40.1. The Labute approximate surface area is 381 Å². The zero-order valence-electron chi connectivity index (χ0n) is 40.1. The van der Waals surface area contributed by atoms with Crippen LogP contribution < -0.4 is 0 Å². The molecule has 0 aliphatic carbocycles. The van der Waals surface area contributed by atoms with E-state index in [0.29, 0.717) is 19.3 Å². The molecule has 0 aromatic carbocycles. The number of carbonyl (C=O) groups excluding carboxylic acids is 3. The van der Waals surface area contributed by atoms with Crippen molar-refractivity contribution in [2.45, 2.75) is 226 Å². The fraction of sp³-hybridized carbons (Fsp3) is 0.661. The van der Waals surface area contributed by atoms with Crippen LogP contribution in [0.4, 0.5) is 0 Å². The molecule has 6 heteroatoms. The van der Waals surface area contributed by atoms with Crippen molar-refractivity contribution in [3.05, 3.63) is 97.2 Å². The predicted molar refractivity (Wildman–Crippen MR) is 265 cm³/mol. The Hall–Kier alpha value is -3.67. The maximum absolute atomic E-state index is 12.8. The van der Waals surface area contributed by atoms with Gasteiger partial charge in [0.05, 0.1) is 0 Å². The van der Waals surface area contributed by atoms with Crippen LogP contribution in [0.15, 0.2) is 97.2 Å². The molecule has 352 valence electrons. The average Bonchev–Trinajstić information content (AvgIpc) is 3.27. The van der Waals surface area contributed by atoms with Gasteiger partial charge in [-0.2, -0.15) is 0 Å². The summed E-state index contributed by atoms with van der Waals surface area (Å²) in [7, 11) is 0. The summed E-state index contributed by atoms with van der Waals surface area (Å²) in [6, 6.07) is 0. The van der Waals surface area contributed by atoms with Gasteiger partial charge in [0.1, 0.15) is 13.2 Å². The highest BCUT2D eigenvalue weighted by molar-refractivity contribution is 5.71. The van der Waals surface area contributed by atoms with Crippen molar-refractivity contribution in [2.24, 2.45) is 0 Å². The number of allylic oxidation sites excluding steroid dienone is 16. The molecule has 0 saturated heterocycles. The minimum Gasteiger partial charge on any atom is -0.462 e. The number of hydrogen-bond acceptors (Lipinski definition) is 6.